The second-order valence-electron chi connectivity index (χ2n) is 6.99. The van der Waals surface area contributed by atoms with Crippen LogP contribution in [0.2, 0.25) is 0 Å². The maximum Gasteiger partial charge on any atom is 0.407 e. The quantitative estimate of drug-likeness (QED) is 0.669. The van der Waals surface area contributed by atoms with Gasteiger partial charge in [0.1, 0.15) is 11.9 Å². The lowest BCUT2D eigenvalue weighted by Gasteiger charge is -2.44. The number of likely N-dealkylation sites (tertiary alicyclic amines) is 1. The summed E-state index contributed by atoms with van der Waals surface area (Å²) in [5.41, 5.74) is -0.864. The summed E-state index contributed by atoms with van der Waals surface area (Å²) in [5, 5.41) is 20.0. The van der Waals surface area contributed by atoms with E-state index in [2.05, 4.69) is 0 Å². The van der Waals surface area contributed by atoms with Crippen molar-refractivity contribution in [2.45, 2.75) is 45.8 Å². The SMILES string of the molecule is CC(C)(C)C1CC(Oc2ccc([N+](=O)[O-])c(F)c2)CCN1C(=O)O. The Morgan fingerprint density at radius 2 is 2.12 bits per heavy atom. The number of carbonyl (C=O) groups is 1. The van der Waals surface area contributed by atoms with Crippen LogP contribution in [0.15, 0.2) is 18.2 Å². The van der Waals surface area contributed by atoms with Crippen LogP contribution in [0, 0.1) is 21.3 Å². The molecule has 1 saturated heterocycles. The van der Waals surface area contributed by atoms with Crippen LogP contribution in [0.25, 0.3) is 0 Å². The third kappa shape index (κ3) is 3.93. The molecule has 0 saturated carbocycles. The number of carboxylic acid groups (broad SMARTS) is 1. The van der Waals surface area contributed by atoms with Crippen LogP contribution in [-0.2, 0) is 0 Å². The molecule has 1 aromatic rings. The first-order valence-electron chi connectivity index (χ1n) is 7.69. The zero-order chi connectivity index (χ0) is 18.1. The van der Waals surface area contributed by atoms with Crippen LogP contribution in [0.3, 0.4) is 0 Å². The maximum atomic E-state index is 13.7. The smallest absolute Gasteiger partial charge is 0.407 e. The number of nitro groups is 1. The summed E-state index contributed by atoms with van der Waals surface area (Å²) in [7, 11) is 0. The second-order valence-corrected chi connectivity index (χ2v) is 6.99. The number of piperidine rings is 1. The Hall–Kier alpha value is -2.38. The van der Waals surface area contributed by atoms with Crippen molar-refractivity contribution in [1.82, 2.24) is 4.90 Å². The number of nitrogens with zero attached hydrogens (tertiary/aromatic N) is 2. The molecule has 1 aliphatic heterocycles. The first-order valence-corrected chi connectivity index (χ1v) is 7.69. The Morgan fingerprint density at radius 1 is 1.46 bits per heavy atom. The largest absolute Gasteiger partial charge is 0.490 e. The number of benzene rings is 1. The Balaban J connectivity index is 2.12. The molecule has 1 fully saturated rings. The van der Waals surface area contributed by atoms with E-state index in [1.54, 1.807) is 0 Å². The highest BCUT2D eigenvalue weighted by atomic mass is 19.1. The van der Waals surface area contributed by atoms with Gasteiger partial charge < -0.3 is 14.7 Å². The predicted molar refractivity (Wildman–Crippen MR) is 84.7 cm³/mol. The third-order valence-corrected chi connectivity index (χ3v) is 4.22. The minimum atomic E-state index is -0.963. The van der Waals surface area contributed by atoms with E-state index in [0.29, 0.717) is 19.4 Å². The number of amides is 1. The Bertz CT molecular complexity index is 644. The van der Waals surface area contributed by atoms with E-state index in [1.807, 2.05) is 20.8 Å². The number of rotatable bonds is 3. The fraction of sp³-hybridized carbons (Fsp3) is 0.562. The molecule has 8 heteroatoms. The van der Waals surface area contributed by atoms with Gasteiger partial charge in [0, 0.05) is 37.6 Å². The van der Waals surface area contributed by atoms with Gasteiger partial charge >= 0.3 is 11.8 Å². The molecule has 1 heterocycles. The Kier molecular flexibility index (Phi) is 4.96. The summed E-state index contributed by atoms with van der Waals surface area (Å²) in [6.07, 6.45) is -0.272. The predicted octanol–water partition coefficient (Wildman–Crippen LogP) is 3.67. The van der Waals surface area contributed by atoms with E-state index in [9.17, 15) is 24.4 Å². The van der Waals surface area contributed by atoms with Gasteiger partial charge in [-0.25, -0.2) is 4.79 Å². The summed E-state index contributed by atoms with van der Waals surface area (Å²) in [5.74, 6) is -0.743. The molecule has 0 radical (unpaired) electrons. The molecule has 2 atom stereocenters. The molecule has 0 spiro atoms. The van der Waals surface area contributed by atoms with E-state index in [4.69, 9.17) is 4.74 Å². The van der Waals surface area contributed by atoms with Gasteiger partial charge in [0.15, 0.2) is 0 Å². The molecule has 2 rings (SSSR count). The van der Waals surface area contributed by atoms with Gasteiger partial charge in [-0.15, -0.1) is 0 Å². The zero-order valence-corrected chi connectivity index (χ0v) is 13.9. The van der Waals surface area contributed by atoms with Crippen molar-refractivity contribution in [3.8, 4) is 5.75 Å². The molecule has 0 aromatic heterocycles. The van der Waals surface area contributed by atoms with Crippen molar-refractivity contribution in [2.24, 2.45) is 5.41 Å². The maximum absolute atomic E-state index is 13.7. The van der Waals surface area contributed by atoms with Gasteiger partial charge in [-0.3, -0.25) is 10.1 Å². The Morgan fingerprint density at radius 3 is 2.62 bits per heavy atom. The van der Waals surface area contributed by atoms with Crippen molar-refractivity contribution in [3.05, 3.63) is 34.1 Å². The number of halogens is 1. The van der Waals surface area contributed by atoms with E-state index in [1.165, 1.54) is 11.0 Å². The minimum Gasteiger partial charge on any atom is -0.490 e. The number of nitro benzene ring substituents is 1. The molecule has 1 aliphatic rings. The summed E-state index contributed by atoms with van der Waals surface area (Å²) < 4.78 is 19.4. The fourth-order valence-corrected chi connectivity index (χ4v) is 2.99. The van der Waals surface area contributed by atoms with Gasteiger partial charge in [0.25, 0.3) is 0 Å². The Labute approximate surface area is 139 Å². The molecule has 1 aromatic carbocycles. The van der Waals surface area contributed by atoms with Gasteiger partial charge in [-0.1, -0.05) is 20.8 Å². The standard InChI is InChI=1S/C16H21FN2O5/c1-16(2,3)14-9-11(6-7-18(14)15(20)21)24-10-4-5-13(19(22)23)12(17)8-10/h4-5,8,11,14H,6-7,9H2,1-3H3,(H,20,21). The van der Waals surface area contributed by atoms with Gasteiger partial charge in [0.05, 0.1) is 4.92 Å². The average Bonchev–Trinajstić information content (AvgIpc) is 2.45. The molecular weight excluding hydrogens is 319 g/mol. The average molecular weight is 340 g/mol. The second kappa shape index (κ2) is 6.62. The topological polar surface area (TPSA) is 92.9 Å². The van der Waals surface area contributed by atoms with Crippen LogP contribution < -0.4 is 4.74 Å². The van der Waals surface area contributed by atoms with E-state index < -0.39 is 22.5 Å². The van der Waals surface area contributed by atoms with Crippen LogP contribution in [-0.4, -0.2) is 39.7 Å². The highest BCUT2D eigenvalue weighted by Crippen LogP contribution is 2.34. The van der Waals surface area contributed by atoms with E-state index >= 15 is 0 Å². The molecule has 7 nitrogen and oxygen atoms in total. The van der Waals surface area contributed by atoms with Crippen molar-refractivity contribution >= 4 is 11.8 Å². The summed E-state index contributed by atoms with van der Waals surface area (Å²) in [6.45, 7) is 6.21. The lowest BCUT2D eigenvalue weighted by Crippen LogP contribution is -2.53. The van der Waals surface area contributed by atoms with E-state index in [0.717, 1.165) is 12.1 Å². The van der Waals surface area contributed by atoms with Crippen LogP contribution in [0.1, 0.15) is 33.6 Å². The number of hydrogen-bond donors (Lipinski definition) is 1. The third-order valence-electron chi connectivity index (χ3n) is 4.22. The molecule has 0 aliphatic carbocycles. The molecule has 1 N–H and O–H groups in total. The summed E-state index contributed by atoms with van der Waals surface area (Å²) in [4.78, 5) is 22.7. The highest BCUT2D eigenvalue weighted by molar-refractivity contribution is 5.65. The lowest BCUT2D eigenvalue weighted by atomic mass is 9.80. The number of hydrogen-bond acceptors (Lipinski definition) is 4. The van der Waals surface area contributed by atoms with Gasteiger partial charge in [0.2, 0.25) is 5.82 Å². The lowest BCUT2D eigenvalue weighted by molar-refractivity contribution is -0.387. The first kappa shape index (κ1) is 18.0. The molecule has 24 heavy (non-hydrogen) atoms. The van der Waals surface area contributed by atoms with Crippen LogP contribution in [0.5, 0.6) is 5.75 Å². The first-order chi connectivity index (χ1) is 11.1. The summed E-state index contributed by atoms with van der Waals surface area (Å²) >= 11 is 0. The molecule has 132 valence electrons. The normalized spacial score (nSPS) is 21.4. The monoisotopic (exact) mass is 340 g/mol. The minimum absolute atomic E-state index is 0.208. The summed E-state index contributed by atoms with van der Waals surface area (Å²) in [6, 6.07) is 3.19. The molecule has 2 unspecified atom stereocenters. The van der Waals surface area contributed by atoms with Crippen molar-refractivity contribution in [1.29, 1.82) is 0 Å². The fourth-order valence-electron chi connectivity index (χ4n) is 2.99. The molecule has 1 amide bonds. The van der Waals surface area contributed by atoms with Gasteiger partial charge in [-0.2, -0.15) is 4.39 Å². The van der Waals surface area contributed by atoms with Crippen molar-refractivity contribution < 1.29 is 24.0 Å². The van der Waals surface area contributed by atoms with Crippen molar-refractivity contribution in [3.63, 3.8) is 0 Å². The van der Waals surface area contributed by atoms with Gasteiger partial charge in [-0.05, 0) is 11.5 Å². The zero-order valence-electron chi connectivity index (χ0n) is 13.9. The van der Waals surface area contributed by atoms with Crippen LogP contribution >= 0.6 is 0 Å². The van der Waals surface area contributed by atoms with Crippen molar-refractivity contribution in [2.75, 3.05) is 6.54 Å². The number of ether oxygens (including phenoxy) is 1. The van der Waals surface area contributed by atoms with E-state index in [-0.39, 0.29) is 23.3 Å². The molecule has 0 bridgehead atoms. The van der Waals surface area contributed by atoms with Crippen LogP contribution in [0.4, 0.5) is 14.9 Å². The highest BCUT2D eigenvalue weighted by Gasteiger charge is 2.39. The molecular formula is C16H21FN2O5.